The van der Waals surface area contributed by atoms with Crippen LogP contribution in [0, 0.1) is 0 Å². The normalized spacial score (nSPS) is 12.2. The van der Waals surface area contributed by atoms with E-state index in [-0.39, 0.29) is 16.2 Å². The minimum absolute atomic E-state index is 0.0192. The van der Waals surface area contributed by atoms with Gasteiger partial charge in [-0.25, -0.2) is 9.97 Å². The molecule has 2 nitrogen and oxygen atoms in total. The standard InChI is InChI=1S/C9H9Cl2F3N2/c1-4(2)6-7(10)15-5(16-8(6)11)3-9(12,13)14/h4H,3H2,1-2H3. The van der Waals surface area contributed by atoms with Crippen molar-refractivity contribution in [2.75, 3.05) is 0 Å². The minimum Gasteiger partial charge on any atom is -0.220 e. The van der Waals surface area contributed by atoms with Gasteiger partial charge in [0.05, 0.1) is 0 Å². The van der Waals surface area contributed by atoms with E-state index in [2.05, 4.69) is 9.97 Å². The summed E-state index contributed by atoms with van der Waals surface area (Å²) < 4.78 is 36.3. The topological polar surface area (TPSA) is 25.8 Å². The predicted octanol–water partition coefficient (Wildman–Crippen LogP) is 4.01. The van der Waals surface area contributed by atoms with Crippen LogP contribution in [0.5, 0.6) is 0 Å². The lowest BCUT2D eigenvalue weighted by Gasteiger charge is -2.11. The molecule has 0 radical (unpaired) electrons. The predicted molar refractivity (Wildman–Crippen MR) is 55.9 cm³/mol. The lowest BCUT2D eigenvalue weighted by Crippen LogP contribution is -2.15. The van der Waals surface area contributed by atoms with E-state index in [9.17, 15) is 13.2 Å². The van der Waals surface area contributed by atoms with Gasteiger partial charge in [0.15, 0.2) is 0 Å². The van der Waals surface area contributed by atoms with Gasteiger partial charge in [0, 0.05) is 5.56 Å². The summed E-state index contributed by atoms with van der Waals surface area (Å²) in [5.74, 6) is -0.452. The molecular weight excluding hydrogens is 264 g/mol. The van der Waals surface area contributed by atoms with E-state index in [1.165, 1.54) is 0 Å². The molecule has 0 aliphatic heterocycles. The van der Waals surface area contributed by atoms with Gasteiger partial charge in [-0.2, -0.15) is 13.2 Å². The molecule has 0 saturated heterocycles. The molecule has 0 N–H and O–H groups in total. The maximum absolute atomic E-state index is 12.1. The first-order valence-electron chi connectivity index (χ1n) is 4.49. The molecule has 0 saturated carbocycles. The van der Waals surface area contributed by atoms with Crippen LogP contribution < -0.4 is 0 Å². The Hall–Kier alpha value is -0.550. The third-order valence-electron chi connectivity index (χ3n) is 1.83. The van der Waals surface area contributed by atoms with Gasteiger partial charge in [0.1, 0.15) is 22.6 Å². The molecule has 0 unspecified atom stereocenters. The molecule has 7 heteroatoms. The molecule has 16 heavy (non-hydrogen) atoms. The van der Waals surface area contributed by atoms with Crippen LogP contribution in [-0.2, 0) is 6.42 Å². The molecule has 0 aliphatic carbocycles. The molecular formula is C9H9Cl2F3N2. The summed E-state index contributed by atoms with van der Waals surface area (Å²) in [6.45, 7) is 3.61. The minimum atomic E-state index is -4.37. The van der Waals surface area contributed by atoms with Crippen LogP contribution in [0.4, 0.5) is 13.2 Å². The highest BCUT2D eigenvalue weighted by molar-refractivity contribution is 6.34. The summed E-state index contributed by atoms with van der Waals surface area (Å²) in [6.07, 6.45) is -5.60. The van der Waals surface area contributed by atoms with Crippen LogP contribution >= 0.6 is 23.2 Å². The summed E-state index contributed by atoms with van der Waals surface area (Å²) in [5.41, 5.74) is 0.467. The molecule has 1 rings (SSSR count). The van der Waals surface area contributed by atoms with Gasteiger partial charge >= 0.3 is 6.18 Å². The van der Waals surface area contributed by atoms with Gasteiger partial charge in [-0.3, -0.25) is 0 Å². The molecule has 90 valence electrons. The van der Waals surface area contributed by atoms with E-state index in [0.717, 1.165) is 0 Å². The molecule has 0 aromatic carbocycles. The van der Waals surface area contributed by atoms with E-state index in [1.54, 1.807) is 13.8 Å². The van der Waals surface area contributed by atoms with E-state index >= 15 is 0 Å². The van der Waals surface area contributed by atoms with Crippen LogP contribution in [-0.4, -0.2) is 16.1 Å². The van der Waals surface area contributed by atoms with E-state index < -0.39 is 18.4 Å². The number of hydrogen-bond acceptors (Lipinski definition) is 2. The summed E-state index contributed by atoms with van der Waals surface area (Å²) in [4.78, 5) is 7.18. The first kappa shape index (κ1) is 13.5. The molecule has 1 heterocycles. The van der Waals surface area contributed by atoms with Crippen molar-refractivity contribution in [2.24, 2.45) is 0 Å². The van der Waals surface area contributed by atoms with Gasteiger partial charge in [-0.15, -0.1) is 0 Å². The molecule has 0 fully saturated rings. The Morgan fingerprint density at radius 1 is 1.12 bits per heavy atom. The van der Waals surface area contributed by atoms with Crippen LogP contribution in [0.3, 0.4) is 0 Å². The van der Waals surface area contributed by atoms with Gasteiger partial charge in [0.25, 0.3) is 0 Å². The lowest BCUT2D eigenvalue weighted by molar-refractivity contribution is -0.128. The second-order valence-corrected chi connectivity index (χ2v) is 4.30. The highest BCUT2D eigenvalue weighted by Crippen LogP contribution is 2.30. The zero-order chi connectivity index (χ0) is 12.5. The molecule has 0 amide bonds. The summed E-state index contributed by atoms with van der Waals surface area (Å²) in [6, 6.07) is 0. The van der Waals surface area contributed by atoms with Crippen LogP contribution in [0.1, 0.15) is 31.2 Å². The Balaban J connectivity index is 3.10. The monoisotopic (exact) mass is 272 g/mol. The van der Waals surface area contributed by atoms with Gasteiger partial charge in [0.2, 0.25) is 0 Å². The number of hydrogen-bond donors (Lipinski definition) is 0. The van der Waals surface area contributed by atoms with E-state index in [4.69, 9.17) is 23.2 Å². The first-order chi connectivity index (χ1) is 7.20. The van der Waals surface area contributed by atoms with Crippen molar-refractivity contribution >= 4 is 23.2 Å². The van der Waals surface area contributed by atoms with Crippen LogP contribution in [0.25, 0.3) is 0 Å². The second-order valence-electron chi connectivity index (χ2n) is 3.58. The van der Waals surface area contributed by atoms with Crippen molar-refractivity contribution in [3.05, 3.63) is 21.7 Å². The van der Waals surface area contributed by atoms with Crippen molar-refractivity contribution < 1.29 is 13.2 Å². The fraction of sp³-hybridized carbons (Fsp3) is 0.556. The number of nitrogens with zero attached hydrogens (tertiary/aromatic N) is 2. The first-order valence-corrected chi connectivity index (χ1v) is 5.25. The van der Waals surface area contributed by atoms with Crippen molar-refractivity contribution in [3.8, 4) is 0 Å². The largest absolute Gasteiger partial charge is 0.396 e. The van der Waals surface area contributed by atoms with E-state index in [1.807, 2.05) is 0 Å². The lowest BCUT2D eigenvalue weighted by atomic mass is 10.1. The number of alkyl halides is 3. The Morgan fingerprint density at radius 3 is 1.88 bits per heavy atom. The number of aromatic nitrogens is 2. The quantitative estimate of drug-likeness (QED) is 0.761. The van der Waals surface area contributed by atoms with Crippen molar-refractivity contribution in [1.29, 1.82) is 0 Å². The summed E-state index contributed by atoms with van der Waals surface area (Å²) in [7, 11) is 0. The number of rotatable bonds is 2. The zero-order valence-corrected chi connectivity index (χ0v) is 10.1. The fourth-order valence-corrected chi connectivity index (χ4v) is 2.05. The Labute approximate surface area is 101 Å². The van der Waals surface area contributed by atoms with Gasteiger partial charge in [-0.1, -0.05) is 37.0 Å². The Kier molecular flexibility index (Phi) is 4.02. The molecule has 1 aromatic rings. The van der Waals surface area contributed by atoms with Gasteiger partial charge in [-0.05, 0) is 5.92 Å². The van der Waals surface area contributed by atoms with Crippen molar-refractivity contribution in [1.82, 2.24) is 9.97 Å². The van der Waals surface area contributed by atoms with Crippen LogP contribution in [0.2, 0.25) is 10.3 Å². The summed E-state index contributed by atoms with van der Waals surface area (Å²) in [5, 5.41) is -0.0384. The SMILES string of the molecule is CC(C)c1c(Cl)nc(CC(F)(F)F)nc1Cl. The third-order valence-corrected chi connectivity index (χ3v) is 2.41. The highest BCUT2D eigenvalue weighted by atomic mass is 35.5. The third kappa shape index (κ3) is 3.49. The summed E-state index contributed by atoms with van der Waals surface area (Å²) >= 11 is 11.5. The molecule has 0 spiro atoms. The van der Waals surface area contributed by atoms with Crippen molar-refractivity contribution in [2.45, 2.75) is 32.4 Å². The average Bonchev–Trinajstić information content (AvgIpc) is 1.96. The maximum atomic E-state index is 12.1. The van der Waals surface area contributed by atoms with Crippen molar-refractivity contribution in [3.63, 3.8) is 0 Å². The molecule has 0 atom stereocenters. The van der Waals surface area contributed by atoms with E-state index in [0.29, 0.717) is 5.56 Å². The number of halogens is 5. The Morgan fingerprint density at radius 2 is 1.56 bits per heavy atom. The van der Waals surface area contributed by atoms with Gasteiger partial charge < -0.3 is 0 Å². The maximum Gasteiger partial charge on any atom is 0.396 e. The molecule has 0 aliphatic rings. The fourth-order valence-electron chi connectivity index (χ4n) is 1.19. The smallest absolute Gasteiger partial charge is 0.220 e. The molecule has 1 aromatic heterocycles. The average molecular weight is 273 g/mol. The Bertz CT molecular complexity index is 368. The highest BCUT2D eigenvalue weighted by Gasteiger charge is 2.30. The van der Waals surface area contributed by atoms with Crippen LogP contribution in [0.15, 0.2) is 0 Å². The zero-order valence-electron chi connectivity index (χ0n) is 8.57. The molecule has 0 bridgehead atoms. The second kappa shape index (κ2) is 4.75.